The molecular weight excluding hydrogens is 491 g/mol. The Labute approximate surface area is 217 Å². The summed E-state index contributed by atoms with van der Waals surface area (Å²) in [6, 6.07) is 10.9. The largest absolute Gasteiger partial charge is 0.259 e. The van der Waals surface area contributed by atoms with Crippen LogP contribution in [-0.4, -0.2) is 35.3 Å². The summed E-state index contributed by atoms with van der Waals surface area (Å²) in [6.45, 7) is 2.55. The van der Waals surface area contributed by atoms with Crippen molar-refractivity contribution in [1.29, 1.82) is 0 Å². The lowest BCUT2D eigenvalue weighted by Crippen LogP contribution is -2.34. The Hall–Kier alpha value is -2.91. The zero-order chi connectivity index (χ0) is 24.8. The molecule has 0 aliphatic carbocycles. The van der Waals surface area contributed by atoms with E-state index in [0.29, 0.717) is 38.1 Å². The summed E-state index contributed by atoms with van der Waals surface area (Å²) >= 11 is 3.12. The van der Waals surface area contributed by atoms with E-state index in [1.165, 1.54) is 35.4 Å². The molecule has 0 unspecified atom stereocenters. The van der Waals surface area contributed by atoms with E-state index < -0.39 is 11.6 Å². The second kappa shape index (κ2) is 9.52. The summed E-state index contributed by atoms with van der Waals surface area (Å²) in [7, 11) is 8.77. The molecule has 2 aromatic carbocycles. The molecule has 172 valence electrons. The molecule has 0 spiro atoms. The number of thiophene rings is 2. The van der Waals surface area contributed by atoms with Gasteiger partial charge in [0.1, 0.15) is 32.1 Å². The normalized spacial score (nSPS) is 13.3. The minimum Gasteiger partial charge on any atom is -0.259 e. The molecule has 0 saturated heterocycles. The van der Waals surface area contributed by atoms with E-state index >= 15 is 8.78 Å². The number of benzene rings is 2. The van der Waals surface area contributed by atoms with Crippen LogP contribution in [0.4, 0.5) is 8.78 Å². The van der Waals surface area contributed by atoms with E-state index in [1.807, 2.05) is 18.2 Å². The van der Waals surface area contributed by atoms with Gasteiger partial charge in [-0.2, -0.15) is 11.3 Å². The zero-order valence-corrected chi connectivity index (χ0v) is 21.0. The van der Waals surface area contributed by atoms with Crippen molar-refractivity contribution in [1.82, 2.24) is 0 Å². The molecule has 2 aromatic heterocycles. The Morgan fingerprint density at radius 3 is 1.92 bits per heavy atom. The number of nitrogens with zero attached hydrogens (tertiary/aromatic N) is 4. The van der Waals surface area contributed by atoms with E-state index in [0.717, 1.165) is 26.5 Å². The molecule has 0 atom stereocenters. The summed E-state index contributed by atoms with van der Waals surface area (Å²) in [4.78, 5) is 21.1. The number of fused-ring (bicyclic) bond motifs is 2. The summed E-state index contributed by atoms with van der Waals surface area (Å²) in [5.41, 5.74) is 2.08. The predicted molar refractivity (Wildman–Crippen MR) is 143 cm³/mol. The Morgan fingerprint density at radius 2 is 1.36 bits per heavy atom. The third-order valence-electron chi connectivity index (χ3n) is 6.35. The third kappa shape index (κ3) is 3.98. The standard InChI is InChI=1S/C25H17B3F2N4S2/c1-2-12-3-4-19(35-12)15-8-17(29)13(22-24(15)33-10-31-22)7-14-18(30)9-16(25-23(14)32-11-34-25)20-5-6-21(36-20)27-28-26/h3-6,8-9H,2,7,10-11H2,1H3. The first-order valence-electron chi connectivity index (χ1n) is 11.6. The molecule has 4 heterocycles. The lowest BCUT2D eigenvalue weighted by molar-refractivity contribution is 0.594. The third-order valence-corrected chi connectivity index (χ3v) is 8.69. The van der Waals surface area contributed by atoms with Crippen LogP contribution in [0.3, 0.4) is 0 Å². The van der Waals surface area contributed by atoms with E-state index in [1.54, 1.807) is 18.5 Å². The van der Waals surface area contributed by atoms with Gasteiger partial charge in [-0.15, -0.1) is 11.3 Å². The minimum absolute atomic E-state index is 0.0250. The Bertz CT molecular complexity index is 1770. The molecule has 6 rings (SSSR count). The van der Waals surface area contributed by atoms with Gasteiger partial charge in [0.05, 0.1) is 21.4 Å². The van der Waals surface area contributed by atoms with Gasteiger partial charge in [0, 0.05) is 58.1 Å². The van der Waals surface area contributed by atoms with Gasteiger partial charge >= 0.3 is 0 Å². The number of hydrogen-bond donors (Lipinski definition) is 0. The van der Waals surface area contributed by atoms with Gasteiger partial charge in [-0.1, -0.05) is 13.0 Å². The number of aryl methyl sites for hydroxylation is 1. The van der Waals surface area contributed by atoms with Gasteiger partial charge in [0.2, 0.25) is 0 Å². The molecule has 0 N–H and O–H groups in total. The van der Waals surface area contributed by atoms with Crippen molar-refractivity contribution < 1.29 is 8.78 Å². The molecule has 4 aromatic rings. The number of hydrogen-bond acceptors (Lipinski definition) is 6. The van der Waals surface area contributed by atoms with Crippen LogP contribution in [0.5, 0.6) is 0 Å². The van der Waals surface area contributed by atoms with Gasteiger partial charge in [0.25, 0.3) is 0 Å². The Morgan fingerprint density at radius 1 is 0.806 bits per heavy atom. The Kier molecular flexibility index (Phi) is 6.21. The van der Waals surface area contributed by atoms with Crippen molar-refractivity contribution in [3.8, 4) is 20.9 Å². The highest BCUT2D eigenvalue weighted by Gasteiger charge is 2.22. The molecule has 0 amide bonds. The van der Waals surface area contributed by atoms with Crippen LogP contribution in [-0.2, 0) is 12.8 Å². The first-order valence-corrected chi connectivity index (χ1v) is 13.2. The second-order valence-corrected chi connectivity index (χ2v) is 10.7. The monoisotopic (exact) mass is 508 g/mol. The highest BCUT2D eigenvalue weighted by molar-refractivity contribution is 7.37. The van der Waals surface area contributed by atoms with E-state index in [2.05, 4.69) is 33.0 Å². The molecule has 11 heteroatoms. The molecule has 2 aliphatic rings. The van der Waals surface area contributed by atoms with Crippen LogP contribution in [0.2, 0.25) is 0 Å². The summed E-state index contributed by atoms with van der Waals surface area (Å²) < 4.78 is 32.1. The van der Waals surface area contributed by atoms with Crippen molar-refractivity contribution in [3.63, 3.8) is 0 Å². The van der Waals surface area contributed by atoms with Crippen molar-refractivity contribution in [3.05, 3.63) is 85.5 Å². The average Bonchev–Trinajstić information content (AvgIpc) is 3.68. The smallest absolute Gasteiger partial charge is 0.130 e. The van der Waals surface area contributed by atoms with Gasteiger partial charge in [0.15, 0.2) is 0 Å². The lowest BCUT2D eigenvalue weighted by atomic mass is 9.28. The quantitative estimate of drug-likeness (QED) is 0.344. The first-order chi connectivity index (χ1) is 17.6. The summed E-state index contributed by atoms with van der Waals surface area (Å²) in [5, 5.41) is 2.29. The maximum Gasteiger partial charge on any atom is 0.130 e. The number of halogens is 2. The lowest BCUT2D eigenvalue weighted by Gasteiger charge is -2.09. The van der Waals surface area contributed by atoms with Crippen LogP contribution < -0.4 is 26.2 Å². The maximum absolute atomic E-state index is 15.6. The van der Waals surface area contributed by atoms with Crippen LogP contribution in [0.15, 0.2) is 56.4 Å². The first kappa shape index (κ1) is 23.5. The van der Waals surface area contributed by atoms with E-state index in [-0.39, 0.29) is 19.8 Å². The molecule has 4 radical (unpaired) electrons. The molecule has 4 nitrogen and oxygen atoms in total. The fraction of sp³-hybridized carbons (Fsp3) is 0.200. The summed E-state index contributed by atoms with van der Waals surface area (Å²) in [6.07, 6.45) is 0.942. The van der Waals surface area contributed by atoms with Crippen LogP contribution in [0, 0.1) is 11.6 Å². The predicted octanol–water partition coefficient (Wildman–Crippen LogP) is 2.03. The summed E-state index contributed by atoms with van der Waals surface area (Å²) in [5.74, 6) is -0.855. The minimum atomic E-state index is -0.438. The molecule has 36 heavy (non-hydrogen) atoms. The average molecular weight is 508 g/mol. The van der Waals surface area contributed by atoms with Crippen LogP contribution in [0.1, 0.15) is 22.9 Å². The fourth-order valence-corrected chi connectivity index (χ4v) is 6.53. The molecule has 0 saturated carbocycles. The van der Waals surface area contributed by atoms with Gasteiger partial charge in [-0.05, 0) is 41.5 Å². The van der Waals surface area contributed by atoms with Crippen molar-refractivity contribution >= 4 is 49.4 Å². The van der Waals surface area contributed by atoms with E-state index in [9.17, 15) is 0 Å². The van der Waals surface area contributed by atoms with Crippen molar-refractivity contribution in [2.24, 2.45) is 20.0 Å². The highest BCUT2D eigenvalue weighted by atomic mass is 32.1. The fourth-order valence-electron chi connectivity index (χ4n) is 4.63. The van der Waals surface area contributed by atoms with E-state index in [4.69, 9.17) is 7.74 Å². The van der Waals surface area contributed by atoms with Crippen LogP contribution >= 0.6 is 22.7 Å². The second-order valence-electron chi connectivity index (χ2n) is 8.44. The highest BCUT2D eigenvalue weighted by Crippen LogP contribution is 2.28. The van der Waals surface area contributed by atoms with Crippen molar-refractivity contribution in [2.45, 2.75) is 19.8 Å². The SMILES string of the molecule is [B][B][B]c1ccc(-c2cc(F)c(Cc3c(F)cc(-c4ccc(CC)s4)c4c3=NCN=4)c3c2=NCN=3)s1. The zero-order valence-electron chi connectivity index (χ0n) is 19.4. The molecular formula is C25H17B3F2N4S2. The maximum atomic E-state index is 15.6. The van der Waals surface area contributed by atoms with Gasteiger partial charge in [-0.3, -0.25) is 20.0 Å². The van der Waals surface area contributed by atoms with Crippen LogP contribution in [0.25, 0.3) is 20.9 Å². The van der Waals surface area contributed by atoms with Gasteiger partial charge < -0.3 is 0 Å². The topological polar surface area (TPSA) is 49.4 Å². The molecule has 2 aliphatic heterocycles. The molecule has 0 bridgehead atoms. The van der Waals surface area contributed by atoms with Crippen molar-refractivity contribution in [2.75, 3.05) is 13.3 Å². The molecule has 0 fully saturated rings. The van der Waals surface area contributed by atoms with Gasteiger partial charge in [-0.25, -0.2) is 8.78 Å². The Balaban J connectivity index is 1.45. The number of rotatable bonds is 7.